The number of fused-ring (bicyclic) bond motifs is 2. The second-order valence-corrected chi connectivity index (χ2v) is 5.42. The number of nitrogens with zero attached hydrogens (tertiary/aromatic N) is 2. The molecule has 6 nitrogen and oxygen atoms in total. The molecular formula is C15H17N3O3. The van der Waals surface area contributed by atoms with Crippen molar-refractivity contribution in [3.63, 3.8) is 0 Å². The summed E-state index contributed by atoms with van der Waals surface area (Å²) in [5.74, 6) is -0.397. The molecule has 3 heterocycles. The topological polar surface area (TPSA) is 82.5 Å². The molecule has 110 valence electrons. The predicted molar refractivity (Wildman–Crippen MR) is 77.6 cm³/mol. The highest BCUT2D eigenvalue weighted by Crippen LogP contribution is 2.27. The smallest absolute Gasteiger partial charge is 0.328 e. The van der Waals surface area contributed by atoms with Crippen LogP contribution in [0.4, 0.5) is 5.82 Å². The number of carbonyl (C=O) groups excluding carboxylic acids is 1. The molecule has 21 heavy (non-hydrogen) atoms. The first-order valence-corrected chi connectivity index (χ1v) is 7.08. The van der Waals surface area contributed by atoms with Crippen LogP contribution in [0.2, 0.25) is 0 Å². The summed E-state index contributed by atoms with van der Waals surface area (Å²) in [6, 6.07) is 1.81. The molecule has 0 spiro atoms. The number of carboxylic acid groups (broad SMARTS) is 1. The quantitative estimate of drug-likeness (QED) is 0.805. The van der Waals surface area contributed by atoms with Crippen LogP contribution in [-0.4, -0.2) is 39.5 Å². The van der Waals surface area contributed by atoms with Gasteiger partial charge in [0.05, 0.1) is 6.04 Å². The second kappa shape index (κ2) is 5.65. The largest absolute Gasteiger partial charge is 0.478 e. The van der Waals surface area contributed by atoms with E-state index in [2.05, 4.69) is 15.2 Å². The molecule has 0 bridgehead atoms. The van der Waals surface area contributed by atoms with Gasteiger partial charge in [-0.05, 0) is 37.1 Å². The maximum Gasteiger partial charge on any atom is 0.328 e. The first kappa shape index (κ1) is 13.8. The van der Waals surface area contributed by atoms with Crippen molar-refractivity contribution < 1.29 is 14.7 Å². The number of aliphatic carboxylic acids is 1. The Kier molecular flexibility index (Phi) is 3.70. The van der Waals surface area contributed by atoms with Gasteiger partial charge in [-0.3, -0.25) is 9.69 Å². The molecule has 1 unspecified atom stereocenters. The fourth-order valence-corrected chi connectivity index (χ4v) is 2.92. The molecule has 0 aromatic carbocycles. The highest BCUT2D eigenvalue weighted by molar-refractivity contribution is 5.95. The van der Waals surface area contributed by atoms with E-state index in [1.54, 1.807) is 6.20 Å². The zero-order chi connectivity index (χ0) is 14.8. The molecule has 0 radical (unpaired) electrons. The van der Waals surface area contributed by atoms with Gasteiger partial charge in [-0.15, -0.1) is 0 Å². The lowest BCUT2D eigenvalue weighted by atomic mass is 10.0. The minimum absolute atomic E-state index is 0.00905. The summed E-state index contributed by atoms with van der Waals surface area (Å²) in [5, 5.41) is 11.6. The Hall–Kier alpha value is -2.21. The molecular weight excluding hydrogens is 270 g/mol. The first-order valence-electron chi connectivity index (χ1n) is 7.08. The van der Waals surface area contributed by atoms with Gasteiger partial charge in [0.25, 0.3) is 0 Å². The Morgan fingerprint density at radius 2 is 2.33 bits per heavy atom. The number of carbonyl (C=O) groups is 2. The average Bonchev–Trinajstić information content (AvgIpc) is 2.61. The highest BCUT2D eigenvalue weighted by atomic mass is 16.4. The van der Waals surface area contributed by atoms with Crippen LogP contribution in [0.3, 0.4) is 0 Å². The van der Waals surface area contributed by atoms with Crippen LogP contribution in [0.5, 0.6) is 0 Å². The van der Waals surface area contributed by atoms with Gasteiger partial charge >= 0.3 is 5.97 Å². The summed E-state index contributed by atoms with van der Waals surface area (Å²) in [6.07, 6.45) is 7.23. The van der Waals surface area contributed by atoms with Crippen molar-refractivity contribution in [2.24, 2.45) is 0 Å². The summed E-state index contributed by atoms with van der Waals surface area (Å²) >= 11 is 0. The fraction of sp³-hybridized carbons (Fsp3) is 0.400. The molecule has 2 aliphatic heterocycles. The zero-order valence-electron chi connectivity index (χ0n) is 11.6. The fourth-order valence-electron chi connectivity index (χ4n) is 2.92. The Labute approximate surface area is 122 Å². The maximum atomic E-state index is 12.2. The number of carboxylic acids is 1. The van der Waals surface area contributed by atoms with Crippen molar-refractivity contribution in [3.05, 3.63) is 29.5 Å². The Balaban J connectivity index is 1.90. The van der Waals surface area contributed by atoms with Crippen LogP contribution in [0, 0.1) is 0 Å². The SMILES string of the molecule is O=C(O)C=Cc1cnc2c(c1)CN1CCCCC1C(=O)N2. The normalized spacial score (nSPS) is 22.3. The Morgan fingerprint density at radius 1 is 1.48 bits per heavy atom. The Bertz CT molecular complexity index is 612. The molecule has 2 aliphatic rings. The van der Waals surface area contributed by atoms with Crippen molar-refractivity contribution in [2.45, 2.75) is 31.8 Å². The Morgan fingerprint density at radius 3 is 3.14 bits per heavy atom. The molecule has 6 heteroatoms. The molecule has 1 aromatic heterocycles. The van der Waals surface area contributed by atoms with Gasteiger partial charge in [0.1, 0.15) is 5.82 Å². The van der Waals surface area contributed by atoms with Gasteiger partial charge in [-0.1, -0.05) is 6.42 Å². The zero-order valence-corrected chi connectivity index (χ0v) is 11.6. The van der Waals surface area contributed by atoms with Crippen molar-refractivity contribution >= 4 is 23.8 Å². The third-order valence-corrected chi connectivity index (χ3v) is 3.94. The van der Waals surface area contributed by atoms with Crippen molar-refractivity contribution in [2.75, 3.05) is 11.9 Å². The minimum atomic E-state index is -0.991. The summed E-state index contributed by atoms with van der Waals surface area (Å²) in [6.45, 7) is 1.58. The van der Waals surface area contributed by atoms with Crippen molar-refractivity contribution in [1.29, 1.82) is 0 Å². The molecule has 0 aliphatic carbocycles. The van der Waals surface area contributed by atoms with Gasteiger partial charge in [-0.2, -0.15) is 0 Å². The van der Waals surface area contributed by atoms with Crippen molar-refractivity contribution in [1.82, 2.24) is 9.88 Å². The standard InChI is InChI=1S/C15H17N3O3/c19-13(20)5-4-10-7-11-9-18-6-2-1-3-12(18)15(21)17-14(11)16-8-10/h4-5,7-8,12H,1-3,6,9H2,(H,19,20)(H,16,17,21). The predicted octanol–water partition coefficient (Wildman–Crippen LogP) is 1.49. The number of nitrogens with one attached hydrogen (secondary N) is 1. The second-order valence-electron chi connectivity index (χ2n) is 5.42. The van der Waals surface area contributed by atoms with Gasteiger partial charge in [0.15, 0.2) is 0 Å². The van der Waals surface area contributed by atoms with Gasteiger partial charge < -0.3 is 10.4 Å². The van der Waals surface area contributed by atoms with Gasteiger partial charge in [0.2, 0.25) is 5.91 Å². The minimum Gasteiger partial charge on any atom is -0.478 e. The molecule has 1 saturated heterocycles. The third kappa shape index (κ3) is 2.95. The van der Waals surface area contributed by atoms with E-state index < -0.39 is 5.97 Å². The van der Waals surface area contributed by atoms with Gasteiger partial charge in [-0.25, -0.2) is 9.78 Å². The van der Waals surface area contributed by atoms with Crippen LogP contribution in [0.1, 0.15) is 30.4 Å². The number of hydrogen-bond donors (Lipinski definition) is 2. The van der Waals surface area contributed by atoms with E-state index in [0.29, 0.717) is 12.4 Å². The van der Waals surface area contributed by atoms with E-state index in [1.165, 1.54) is 6.08 Å². The number of hydrogen-bond acceptors (Lipinski definition) is 4. The van der Waals surface area contributed by atoms with Crippen LogP contribution in [-0.2, 0) is 16.1 Å². The summed E-state index contributed by atoms with van der Waals surface area (Å²) in [7, 11) is 0. The number of amides is 1. The van der Waals surface area contributed by atoms with Crippen LogP contribution in [0.15, 0.2) is 18.3 Å². The summed E-state index contributed by atoms with van der Waals surface area (Å²) in [5.41, 5.74) is 1.65. The number of aromatic nitrogens is 1. The molecule has 0 saturated carbocycles. The lowest BCUT2D eigenvalue weighted by molar-refractivity contribution is -0.131. The molecule has 1 fully saturated rings. The van der Waals surface area contributed by atoms with E-state index in [9.17, 15) is 9.59 Å². The van der Waals surface area contributed by atoms with Crippen LogP contribution in [0.25, 0.3) is 6.08 Å². The summed E-state index contributed by atoms with van der Waals surface area (Å²) < 4.78 is 0. The molecule has 3 rings (SSSR count). The van der Waals surface area contributed by atoms with E-state index >= 15 is 0 Å². The number of anilines is 1. The van der Waals surface area contributed by atoms with E-state index in [0.717, 1.165) is 43.0 Å². The van der Waals surface area contributed by atoms with E-state index in [4.69, 9.17) is 5.11 Å². The monoisotopic (exact) mass is 287 g/mol. The van der Waals surface area contributed by atoms with E-state index in [-0.39, 0.29) is 11.9 Å². The highest BCUT2D eigenvalue weighted by Gasteiger charge is 2.32. The number of piperidine rings is 1. The third-order valence-electron chi connectivity index (χ3n) is 3.94. The van der Waals surface area contributed by atoms with Crippen LogP contribution >= 0.6 is 0 Å². The molecule has 1 aromatic rings. The average molecular weight is 287 g/mol. The number of rotatable bonds is 2. The molecule has 2 N–H and O–H groups in total. The lowest BCUT2D eigenvalue weighted by Gasteiger charge is -2.32. The van der Waals surface area contributed by atoms with Crippen LogP contribution < -0.4 is 5.32 Å². The first-order chi connectivity index (χ1) is 10.1. The lowest BCUT2D eigenvalue weighted by Crippen LogP contribution is -2.44. The molecule has 1 atom stereocenters. The van der Waals surface area contributed by atoms with Crippen molar-refractivity contribution in [3.8, 4) is 0 Å². The van der Waals surface area contributed by atoms with E-state index in [1.807, 2.05) is 6.07 Å². The maximum absolute atomic E-state index is 12.2. The number of pyridine rings is 1. The molecule has 1 amide bonds. The van der Waals surface area contributed by atoms with Gasteiger partial charge in [0, 0.05) is 24.4 Å². The summed E-state index contributed by atoms with van der Waals surface area (Å²) in [4.78, 5) is 29.2.